The van der Waals surface area contributed by atoms with Crippen LogP contribution in [0.5, 0.6) is 5.75 Å². The van der Waals surface area contributed by atoms with Gasteiger partial charge in [-0.15, -0.1) is 0 Å². The minimum Gasteiger partial charge on any atom is -0.465 e. The van der Waals surface area contributed by atoms with Crippen molar-refractivity contribution in [3.05, 3.63) is 29.8 Å². The van der Waals surface area contributed by atoms with E-state index in [1.54, 1.807) is 6.92 Å². The van der Waals surface area contributed by atoms with Crippen molar-refractivity contribution in [3.63, 3.8) is 0 Å². The Kier molecular flexibility index (Phi) is 4.44. The lowest BCUT2D eigenvalue weighted by Crippen LogP contribution is -2.26. The van der Waals surface area contributed by atoms with Crippen LogP contribution in [0.15, 0.2) is 24.3 Å². The maximum Gasteiger partial charge on any atom is 0.194 e. The molecular weight excluding hydrogens is 224 g/mol. The normalized spacial score (nSPS) is 14.4. The summed E-state index contributed by atoms with van der Waals surface area (Å²) in [5.74, 6) is 0.779. The molecule has 0 aliphatic heterocycles. The molecule has 1 unspecified atom stereocenters. The van der Waals surface area contributed by atoms with Crippen LogP contribution >= 0.6 is 0 Å². The van der Waals surface area contributed by atoms with E-state index >= 15 is 0 Å². The summed E-state index contributed by atoms with van der Waals surface area (Å²) in [6, 6.07) is 7.97. The molecule has 0 aromatic heterocycles. The van der Waals surface area contributed by atoms with Crippen molar-refractivity contribution in [1.82, 2.24) is 0 Å². The van der Waals surface area contributed by atoms with Crippen molar-refractivity contribution in [2.75, 3.05) is 0 Å². The molecule has 18 heavy (non-hydrogen) atoms. The van der Waals surface area contributed by atoms with Crippen LogP contribution in [0.4, 0.5) is 0 Å². The molecule has 2 nitrogen and oxygen atoms in total. The number of aliphatic hydroxyl groups excluding tert-OH is 1. The summed E-state index contributed by atoms with van der Waals surface area (Å²) in [4.78, 5) is 0. The molecule has 1 aromatic carbocycles. The first-order valence-electron chi connectivity index (χ1n) is 6.56. The van der Waals surface area contributed by atoms with Crippen LogP contribution in [0, 0.1) is 5.41 Å². The van der Waals surface area contributed by atoms with Gasteiger partial charge in [0.15, 0.2) is 6.29 Å². The predicted octanol–water partition coefficient (Wildman–Crippen LogP) is 4.12. The Morgan fingerprint density at radius 2 is 1.67 bits per heavy atom. The Morgan fingerprint density at radius 3 is 2.17 bits per heavy atom. The third kappa shape index (κ3) is 4.34. The van der Waals surface area contributed by atoms with Gasteiger partial charge in [0.25, 0.3) is 0 Å². The van der Waals surface area contributed by atoms with Crippen LogP contribution in [0.2, 0.25) is 0 Å². The monoisotopic (exact) mass is 250 g/mol. The van der Waals surface area contributed by atoms with E-state index < -0.39 is 6.29 Å². The summed E-state index contributed by atoms with van der Waals surface area (Å²) in [5, 5.41) is 9.41. The fourth-order valence-electron chi connectivity index (χ4n) is 2.73. The molecule has 1 atom stereocenters. The second kappa shape index (κ2) is 5.31. The van der Waals surface area contributed by atoms with Gasteiger partial charge in [-0.2, -0.15) is 0 Å². The van der Waals surface area contributed by atoms with Crippen molar-refractivity contribution in [1.29, 1.82) is 0 Å². The number of hydrogen-bond acceptors (Lipinski definition) is 2. The first kappa shape index (κ1) is 15.0. The average molecular weight is 250 g/mol. The quantitative estimate of drug-likeness (QED) is 0.815. The second-order valence-electron chi connectivity index (χ2n) is 6.83. The van der Waals surface area contributed by atoms with Gasteiger partial charge in [-0.05, 0) is 35.8 Å². The molecule has 0 spiro atoms. The summed E-state index contributed by atoms with van der Waals surface area (Å²) in [6.45, 7) is 12.8. The van der Waals surface area contributed by atoms with E-state index in [0.717, 1.165) is 17.7 Å². The summed E-state index contributed by atoms with van der Waals surface area (Å²) < 4.78 is 5.50. The number of benzene rings is 1. The third-order valence-electron chi connectivity index (χ3n) is 2.89. The molecule has 102 valence electrons. The van der Waals surface area contributed by atoms with Gasteiger partial charge in [0.2, 0.25) is 0 Å². The smallest absolute Gasteiger partial charge is 0.194 e. The zero-order chi connectivity index (χ0) is 14.0. The molecule has 0 aliphatic rings. The van der Waals surface area contributed by atoms with Crippen LogP contribution in [-0.2, 0) is 5.41 Å². The molecule has 1 rings (SSSR count). The highest BCUT2D eigenvalue weighted by Crippen LogP contribution is 2.40. The van der Waals surface area contributed by atoms with Gasteiger partial charge in [0.05, 0.1) is 0 Å². The van der Waals surface area contributed by atoms with Crippen molar-refractivity contribution in [2.24, 2.45) is 5.41 Å². The van der Waals surface area contributed by atoms with E-state index in [9.17, 15) is 5.11 Å². The molecule has 0 fully saturated rings. The molecular formula is C16H26O2. The lowest BCUT2D eigenvalue weighted by atomic mass is 9.72. The van der Waals surface area contributed by atoms with Crippen LogP contribution in [-0.4, -0.2) is 11.4 Å². The summed E-state index contributed by atoms with van der Waals surface area (Å²) in [7, 11) is 0. The molecule has 2 heteroatoms. The standard InChI is InChI=1S/C16H26O2/c1-12(17)18-14-10-8-7-9-13(14)16(5,6)11-15(2,3)4/h7-10,12,17H,11H2,1-6H3. The van der Waals surface area contributed by atoms with Gasteiger partial charge in [-0.3, -0.25) is 0 Å². The van der Waals surface area contributed by atoms with Crippen LogP contribution < -0.4 is 4.74 Å². The number of aliphatic hydroxyl groups is 1. The minimum atomic E-state index is -0.781. The fraction of sp³-hybridized carbons (Fsp3) is 0.625. The van der Waals surface area contributed by atoms with E-state index in [4.69, 9.17) is 4.74 Å². The summed E-state index contributed by atoms with van der Waals surface area (Å²) in [6.07, 6.45) is 0.275. The first-order valence-corrected chi connectivity index (χ1v) is 6.56. The number of para-hydroxylation sites is 1. The Morgan fingerprint density at radius 1 is 1.11 bits per heavy atom. The Hall–Kier alpha value is -1.02. The van der Waals surface area contributed by atoms with Gasteiger partial charge >= 0.3 is 0 Å². The van der Waals surface area contributed by atoms with Gasteiger partial charge in [-0.25, -0.2) is 0 Å². The topological polar surface area (TPSA) is 29.5 Å². The molecule has 0 amide bonds. The van der Waals surface area contributed by atoms with Crippen molar-refractivity contribution in [2.45, 2.75) is 59.7 Å². The third-order valence-corrected chi connectivity index (χ3v) is 2.89. The van der Waals surface area contributed by atoms with Crippen LogP contribution in [0.25, 0.3) is 0 Å². The van der Waals surface area contributed by atoms with Gasteiger partial charge in [0.1, 0.15) is 5.75 Å². The molecule has 0 heterocycles. The Labute approximate surface area is 111 Å². The predicted molar refractivity (Wildman–Crippen MR) is 75.8 cm³/mol. The highest BCUT2D eigenvalue weighted by molar-refractivity contribution is 5.39. The largest absolute Gasteiger partial charge is 0.465 e. The molecule has 0 bridgehead atoms. The molecule has 0 aliphatic carbocycles. The summed E-state index contributed by atoms with van der Waals surface area (Å²) in [5.41, 5.74) is 1.42. The van der Waals surface area contributed by atoms with E-state index in [2.05, 4.69) is 40.7 Å². The van der Waals surface area contributed by atoms with Crippen LogP contribution in [0.3, 0.4) is 0 Å². The maximum absolute atomic E-state index is 9.41. The number of ether oxygens (including phenoxy) is 1. The SMILES string of the molecule is CC(O)Oc1ccccc1C(C)(C)CC(C)(C)C. The first-order chi connectivity index (χ1) is 8.12. The Bertz CT molecular complexity index is 386. The van der Waals surface area contributed by atoms with E-state index in [1.165, 1.54) is 0 Å². The molecule has 0 radical (unpaired) electrons. The van der Waals surface area contributed by atoms with Gasteiger partial charge < -0.3 is 9.84 Å². The molecule has 1 N–H and O–H groups in total. The highest BCUT2D eigenvalue weighted by atomic mass is 16.6. The Balaban J connectivity index is 3.07. The molecule has 1 aromatic rings. The zero-order valence-corrected chi connectivity index (χ0v) is 12.4. The van der Waals surface area contributed by atoms with E-state index in [0.29, 0.717) is 0 Å². The van der Waals surface area contributed by atoms with Gasteiger partial charge in [0, 0.05) is 0 Å². The highest BCUT2D eigenvalue weighted by Gasteiger charge is 2.29. The molecule has 0 saturated carbocycles. The van der Waals surface area contributed by atoms with Crippen LogP contribution in [0.1, 0.15) is 53.5 Å². The minimum absolute atomic E-state index is 0.0176. The van der Waals surface area contributed by atoms with E-state index in [-0.39, 0.29) is 10.8 Å². The maximum atomic E-state index is 9.41. The van der Waals surface area contributed by atoms with E-state index in [1.807, 2.05) is 18.2 Å². The fourth-order valence-corrected chi connectivity index (χ4v) is 2.73. The van der Waals surface area contributed by atoms with Crippen molar-refractivity contribution >= 4 is 0 Å². The summed E-state index contributed by atoms with van der Waals surface area (Å²) >= 11 is 0. The van der Waals surface area contributed by atoms with Gasteiger partial charge in [-0.1, -0.05) is 52.8 Å². The number of hydrogen-bond donors (Lipinski definition) is 1. The average Bonchev–Trinajstić information content (AvgIpc) is 2.13. The molecule has 0 saturated heterocycles. The van der Waals surface area contributed by atoms with Crippen molar-refractivity contribution < 1.29 is 9.84 Å². The number of rotatable bonds is 4. The zero-order valence-electron chi connectivity index (χ0n) is 12.4. The van der Waals surface area contributed by atoms with Crippen molar-refractivity contribution in [3.8, 4) is 5.75 Å². The lowest BCUT2D eigenvalue weighted by molar-refractivity contribution is -0.00184. The lowest BCUT2D eigenvalue weighted by Gasteiger charge is -2.34. The second-order valence-corrected chi connectivity index (χ2v) is 6.83.